The Balaban J connectivity index is 1.27. The number of carbonyl (C=O) groups excluding carboxylic acids is 1. The Labute approximate surface area is 300 Å². The summed E-state index contributed by atoms with van der Waals surface area (Å²) in [6.45, 7) is 11.3. The number of allylic oxidation sites excluding steroid dienone is 2. The molecule has 6 aliphatic rings. The summed E-state index contributed by atoms with van der Waals surface area (Å²) < 4.78 is 17.4. The maximum absolute atomic E-state index is 12.1. The van der Waals surface area contributed by atoms with E-state index >= 15 is 0 Å². The number of carboxylic acids is 1. The van der Waals surface area contributed by atoms with E-state index in [1.54, 1.807) is 0 Å². The van der Waals surface area contributed by atoms with Gasteiger partial charge in [0.25, 0.3) is 0 Å². The number of fused-ring (bicyclic) bond motifs is 7. The van der Waals surface area contributed by atoms with Crippen molar-refractivity contribution in [3.63, 3.8) is 0 Å². The van der Waals surface area contributed by atoms with Crippen molar-refractivity contribution in [2.24, 2.45) is 50.7 Å². The van der Waals surface area contributed by atoms with Gasteiger partial charge in [-0.15, -0.1) is 0 Å². The van der Waals surface area contributed by atoms with Crippen LogP contribution in [0.1, 0.15) is 86.5 Å². The number of hydrogen-bond acceptors (Lipinski definition) is 12. The van der Waals surface area contributed by atoms with Crippen LogP contribution in [0.3, 0.4) is 0 Å². The van der Waals surface area contributed by atoms with Crippen LogP contribution >= 0.6 is 0 Å². The van der Waals surface area contributed by atoms with E-state index < -0.39 is 83.1 Å². The topological polar surface area (TPSA) is 224 Å². The van der Waals surface area contributed by atoms with Crippen molar-refractivity contribution in [2.45, 2.75) is 141 Å². The van der Waals surface area contributed by atoms with Crippen LogP contribution in [0.15, 0.2) is 11.6 Å². The van der Waals surface area contributed by atoms with Gasteiger partial charge in [-0.2, -0.15) is 0 Å². The monoisotopic (exact) mass is 724 g/mol. The summed E-state index contributed by atoms with van der Waals surface area (Å²) >= 11 is 0. The predicted octanol–water partition coefficient (Wildman–Crippen LogP) is 1.17. The van der Waals surface area contributed by atoms with Crippen molar-refractivity contribution in [3.05, 3.63) is 11.6 Å². The van der Waals surface area contributed by atoms with Crippen molar-refractivity contribution < 1.29 is 64.7 Å². The molecule has 51 heavy (non-hydrogen) atoms. The van der Waals surface area contributed by atoms with E-state index in [1.807, 2.05) is 20.8 Å². The second-order valence-corrected chi connectivity index (χ2v) is 18.4. The maximum atomic E-state index is 12.1. The van der Waals surface area contributed by atoms with Gasteiger partial charge in [0.15, 0.2) is 6.10 Å². The lowest BCUT2D eigenvalue weighted by Crippen LogP contribution is -2.69. The standard InChI is InChI=1S/C38H60O13/c1-18(40)50-17-38-21(14-34(2,3)31(45)32(38)46)19-7-8-23-35(4,20(19)13-25(38)41)11-9-24-36(23,5)12-10-26(37(24,6)16-39)49-15-22-27(42)28(43)29(44)30(51-22)33(47)48/h7,20-32,39,41-46H,8-17H2,1-6H3,(H,47,48)/t20-,21+,22+,23+,24-,25+,26+,27+,28-,29+,30+,31+,32+,35+,36-,37+,38+/m1/s1. The molecule has 0 radical (unpaired) electrons. The second-order valence-electron chi connectivity index (χ2n) is 18.4. The molecule has 0 aromatic heterocycles. The summed E-state index contributed by atoms with van der Waals surface area (Å²) in [5.41, 5.74) is -1.83. The lowest BCUT2D eigenvalue weighted by molar-refractivity contribution is -0.257. The Morgan fingerprint density at radius 2 is 1.55 bits per heavy atom. The van der Waals surface area contributed by atoms with Gasteiger partial charge in [0.2, 0.25) is 0 Å². The molecule has 0 aromatic carbocycles. The highest BCUT2D eigenvalue weighted by molar-refractivity contribution is 5.73. The Hall–Kier alpha value is -1.68. The zero-order valence-corrected chi connectivity index (χ0v) is 30.8. The lowest BCUT2D eigenvalue weighted by atomic mass is 9.36. The van der Waals surface area contributed by atoms with Crippen molar-refractivity contribution in [1.82, 2.24) is 0 Å². The van der Waals surface area contributed by atoms with E-state index in [-0.39, 0.29) is 54.3 Å². The number of aliphatic hydroxyl groups is 7. The van der Waals surface area contributed by atoms with Crippen LogP contribution in [0.2, 0.25) is 0 Å². The molecule has 13 nitrogen and oxygen atoms in total. The average molecular weight is 725 g/mol. The molecule has 17 atom stereocenters. The van der Waals surface area contributed by atoms with Gasteiger partial charge < -0.3 is 55.1 Å². The van der Waals surface area contributed by atoms with Gasteiger partial charge in [0.1, 0.15) is 31.0 Å². The molecule has 1 heterocycles. The summed E-state index contributed by atoms with van der Waals surface area (Å²) in [5.74, 6) is -2.02. The molecule has 0 bridgehead atoms. The Kier molecular flexibility index (Phi) is 10.1. The van der Waals surface area contributed by atoms with Gasteiger partial charge in [0.05, 0.1) is 43.0 Å². The largest absolute Gasteiger partial charge is 0.479 e. The first-order chi connectivity index (χ1) is 23.7. The molecule has 0 aromatic rings. The molecule has 5 aliphatic carbocycles. The molecule has 0 amide bonds. The molecule has 0 spiro atoms. The van der Waals surface area contributed by atoms with Crippen molar-refractivity contribution >= 4 is 11.9 Å². The van der Waals surface area contributed by atoms with Crippen LogP contribution in [0.4, 0.5) is 0 Å². The zero-order chi connectivity index (χ0) is 37.6. The van der Waals surface area contributed by atoms with Gasteiger partial charge in [-0.1, -0.05) is 46.3 Å². The third kappa shape index (κ3) is 5.75. The normalized spacial score (nSPS) is 51.9. The molecule has 0 unspecified atom stereocenters. The summed E-state index contributed by atoms with van der Waals surface area (Å²) in [6.07, 6.45) is -4.90. The smallest absolute Gasteiger partial charge is 0.335 e. The molecule has 4 saturated carbocycles. The Morgan fingerprint density at radius 1 is 0.882 bits per heavy atom. The summed E-state index contributed by atoms with van der Waals surface area (Å²) in [6, 6.07) is 0. The second kappa shape index (κ2) is 13.3. The van der Waals surface area contributed by atoms with Gasteiger partial charge in [0, 0.05) is 12.3 Å². The Bertz CT molecular complexity index is 1380. The SMILES string of the molecule is CC(=O)OC[C@@]12[C@@H](O)C[C@@H]3C(=CC[C@@H]4[C@@]5(C)CC[C@H](OC[C@@H]6O[C@H](C(=O)O)[C@@H](O)[C@H](O)[C@H]6O)[C@@](C)(CO)[C@@H]5CC[C@]43C)[C@@H]1CC(C)(C)[C@@H](O)[C@@H]2O. The number of hydrogen-bond donors (Lipinski definition) is 8. The number of esters is 1. The highest BCUT2D eigenvalue weighted by atomic mass is 16.6. The number of carboxylic acid groups (broad SMARTS) is 1. The van der Waals surface area contributed by atoms with Crippen molar-refractivity contribution in [3.8, 4) is 0 Å². The molecule has 1 aliphatic heterocycles. The fourth-order valence-electron chi connectivity index (χ4n) is 12.5. The maximum Gasteiger partial charge on any atom is 0.335 e. The summed E-state index contributed by atoms with van der Waals surface area (Å²) in [5, 5.41) is 86.5. The molecular formula is C38H60O13. The van der Waals surface area contributed by atoms with Crippen LogP contribution in [0.25, 0.3) is 0 Å². The Morgan fingerprint density at radius 3 is 2.18 bits per heavy atom. The first-order valence-corrected chi connectivity index (χ1v) is 18.7. The number of aliphatic carboxylic acids is 1. The van der Waals surface area contributed by atoms with Crippen molar-refractivity contribution in [1.29, 1.82) is 0 Å². The third-order valence-corrected chi connectivity index (χ3v) is 15.4. The summed E-state index contributed by atoms with van der Waals surface area (Å²) in [7, 11) is 0. The first-order valence-electron chi connectivity index (χ1n) is 18.7. The van der Waals surface area contributed by atoms with Gasteiger partial charge >= 0.3 is 11.9 Å². The van der Waals surface area contributed by atoms with Gasteiger partial charge in [-0.25, -0.2) is 4.79 Å². The van der Waals surface area contributed by atoms with Gasteiger partial charge in [-0.3, -0.25) is 4.79 Å². The van der Waals surface area contributed by atoms with E-state index in [4.69, 9.17) is 14.2 Å². The molecule has 290 valence electrons. The molecule has 1 saturated heterocycles. The first kappa shape index (κ1) is 39.0. The van der Waals surface area contributed by atoms with E-state index in [9.17, 15) is 50.4 Å². The highest BCUT2D eigenvalue weighted by Crippen LogP contribution is 2.72. The zero-order valence-electron chi connectivity index (χ0n) is 30.8. The molecular weight excluding hydrogens is 664 g/mol. The quantitative estimate of drug-likeness (QED) is 0.137. The number of aliphatic hydroxyl groups excluding tert-OH is 7. The number of rotatable bonds is 7. The molecule has 6 rings (SSSR count). The van der Waals surface area contributed by atoms with Crippen LogP contribution in [-0.2, 0) is 23.8 Å². The fraction of sp³-hybridized carbons (Fsp3) is 0.895. The van der Waals surface area contributed by atoms with Crippen LogP contribution in [0.5, 0.6) is 0 Å². The minimum absolute atomic E-state index is 0.000902. The number of carbonyl (C=O) groups is 2. The molecule has 8 N–H and O–H groups in total. The average Bonchev–Trinajstić information content (AvgIpc) is 3.06. The van der Waals surface area contributed by atoms with E-state index in [0.29, 0.717) is 19.3 Å². The van der Waals surface area contributed by atoms with Gasteiger partial charge in [-0.05, 0) is 84.9 Å². The lowest BCUT2D eigenvalue weighted by Gasteiger charge is -2.69. The van der Waals surface area contributed by atoms with E-state index in [1.165, 1.54) is 12.5 Å². The summed E-state index contributed by atoms with van der Waals surface area (Å²) in [4.78, 5) is 23.7. The third-order valence-electron chi connectivity index (χ3n) is 15.4. The predicted molar refractivity (Wildman–Crippen MR) is 181 cm³/mol. The highest BCUT2D eigenvalue weighted by Gasteiger charge is 2.70. The van der Waals surface area contributed by atoms with Crippen LogP contribution in [-0.4, -0.2) is 128 Å². The minimum atomic E-state index is -1.79. The molecule has 5 fully saturated rings. The van der Waals surface area contributed by atoms with E-state index in [0.717, 1.165) is 25.7 Å². The van der Waals surface area contributed by atoms with Crippen LogP contribution < -0.4 is 0 Å². The molecule has 13 heteroatoms. The minimum Gasteiger partial charge on any atom is -0.479 e. The fourth-order valence-corrected chi connectivity index (χ4v) is 12.5. The van der Waals surface area contributed by atoms with E-state index in [2.05, 4.69) is 19.9 Å². The van der Waals surface area contributed by atoms with Crippen LogP contribution in [0, 0.1) is 50.7 Å². The number of ether oxygens (including phenoxy) is 3. The van der Waals surface area contributed by atoms with Crippen molar-refractivity contribution in [2.75, 3.05) is 19.8 Å².